The molecule has 0 heterocycles. The summed E-state index contributed by atoms with van der Waals surface area (Å²) in [6.45, 7) is 3.09. The van der Waals surface area contributed by atoms with Crippen LogP contribution in [0.2, 0.25) is 0 Å². The third-order valence-corrected chi connectivity index (χ3v) is 5.60. The highest BCUT2D eigenvalue weighted by Gasteiger charge is 2.42. The normalized spacial score (nSPS) is 24.1. The number of ether oxygens (including phenoxy) is 1. The van der Waals surface area contributed by atoms with Crippen molar-refractivity contribution in [3.05, 3.63) is 24.3 Å². The fourth-order valence-electron chi connectivity index (χ4n) is 4.45. The van der Waals surface area contributed by atoms with E-state index in [0.29, 0.717) is 23.3 Å². The van der Waals surface area contributed by atoms with Crippen molar-refractivity contribution in [2.45, 2.75) is 45.6 Å². The Kier molecular flexibility index (Phi) is 5.98. The molecule has 7 nitrogen and oxygen atoms in total. The summed E-state index contributed by atoms with van der Waals surface area (Å²) in [6, 6.07) is 6.38. The van der Waals surface area contributed by atoms with Crippen LogP contribution in [0, 0.1) is 17.8 Å². The van der Waals surface area contributed by atoms with Gasteiger partial charge in [-0.05, 0) is 56.1 Å². The molecule has 0 unspecified atom stereocenters. The maximum absolute atomic E-state index is 12.1. The summed E-state index contributed by atoms with van der Waals surface area (Å²) < 4.78 is 5.44. The molecule has 1 aromatic rings. The number of rotatable bonds is 6. The van der Waals surface area contributed by atoms with Gasteiger partial charge in [-0.3, -0.25) is 14.9 Å². The largest absolute Gasteiger partial charge is 0.482 e. The van der Waals surface area contributed by atoms with E-state index in [1.165, 1.54) is 32.6 Å². The summed E-state index contributed by atoms with van der Waals surface area (Å²) in [5, 5.41) is 7.83. The number of fused-ring (bicyclic) bond motifs is 2. The number of carbonyl (C=O) groups is 3. The van der Waals surface area contributed by atoms with Crippen LogP contribution in [0.5, 0.6) is 5.75 Å². The second-order valence-electron chi connectivity index (χ2n) is 7.62. The lowest BCUT2D eigenvalue weighted by Gasteiger charge is -2.28. The minimum absolute atomic E-state index is 0.0505. The zero-order valence-electron chi connectivity index (χ0n) is 15.8. The highest BCUT2D eigenvalue weighted by Crippen LogP contribution is 2.49. The number of hydrogen-bond acceptors (Lipinski definition) is 4. The van der Waals surface area contributed by atoms with Gasteiger partial charge in [0, 0.05) is 13.0 Å². The summed E-state index contributed by atoms with van der Waals surface area (Å²) in [4.78, 5) is 35.3. The van der Waals surface area contributed by atoms with Crippen LogP contribution in [-0.4, -0.2) is 30.5 Å². The van der Waals surface area contributed by atoms with Crippen LogP contribution in [0.1, 0.15) is 39.5 Å². The number of hydrogen-bond donors (Lipinski definition) is 3. The van der Waals surface area contributed by atoms with E-state index in [2.05, 4.69) is 16.0 Å². The first-order valence-corrected chi connectivity index (χ1v) is 9.52. The molecule has 2 fully saturated rings. The molecule has 7 heteroatoms. The van der Waals surface area contributed by atoms with Gasteiger partial charge >= 0.3 is 6.03 Å². The number of urea groups is 1. The first-order chi connectivity index (χ1) is 12.9. The molecular weight excluding hydrogens is 346 g/mol. The Labute approximate surface area is 159 Å². The van der Waals surface area contributed by atoms with Crippen LogP contribution in [0.3, 0.4) is 0 Å². The maximum Gasteiger partial charge on any atom is 0.321 e. The van der Waals surface area contributed by atoms with E-state index in [4.69, 9.17) is 4.74 Å². The topological polar surface area (TPSA) is 96.5 Å². The van der Waals surface area contributed by atoms with Crippen molar-refractivity contribution in [1.29, 1.82) is 0 Å². The standard InChI is InChI=1S/C20H27N3O4/c1-12(16-10-14-7-8-15(16)9-14)21-20(26)23-19(25)11-27-18-6-4-3-5-17(18)22-13(2)24/h3-6,12,14-16H,7-11H2,1-2H3,(H,22,24)(H2,21,23,25,26)/t12-,14-,15-,16+/m0/s1. The Hall–Kier alpha value is -2.57. The number of amides is 4. The third kappa shape index (κ3) is 4.99. The first kappa shape index (κ1) is 19.2. The van der Waals surface area contributed by atoms with Gasteiger partial charge in [-0.25, -0.2) is 4.79 Å². The van der Waals surface area contributed by atoms with Gasteiger partial charge in [-0.15, -0.1) is 0 Å². The van der Waals surface area contributed by atoms with Crippen molar-refractivity contribution in [2.75, 3.05) is 11.9 Å². The van der Waals surface area contributed by atoms with E-state index in [9.17, 15) is 14.4 Å². The van der Waals surface area contributed by atoms with Gasteiger partial charge in [0.25, 0.3) is 5.91 Å². The molecule has 2 aliphatic carbocycles. The molecule has 4 atom stereocenters. The second-order valence-corrected chi connectivity index (χ2v) is 7.62. The highest BCUT2D eigenvalue weighted by atomic mass is 16.5. The number of imide groups is 1. The predicted octanol–water partition coefficient (Wildman–Crippen LogP) is 2.67. The zero-order valence-corrected chi connectivity index (χ0v) is 15.8. The highest BCUT2D eigenvalue weighted by molar-refractivity contribution is 5.95. The summed E-state index contributed by atoms with van der Waals surface area (Å²) in [7, 11) is 0. The fourth-order valence-corrected chi connectivity index (χ4v) is 4.45. The average molecular weight is 373 g/mol. The molecule has 2 saturated carbocycles. The molecule has 4 amide bonds. The number of carbonyl (C=O) groups excluding carboxylic acids is 3. The molecule has 3 rings (SSSR count). The number of para-hydroxylation sites is 2. The maximum atomic E-state index is 12.1. The summed E-state index contributed by atoms with van der Waals surface area (Å²) in [6.07, 6.45) is 5.02. The van der Waals surface area contributed by atoms with Crippen molar-refractivity contribution in [1.82, 2.24) is 10.6 Å². The average Bonchev–Trinajstić information content (AvgIpc) is 3.23. The van der Waals surface area contributed by atoms with E-state index in [0.717, 1.165) is 5.92 Å². The molecule has 0 aliphatic heterocycles. The van der Waals surface area contributed by atoms with E-state index < -0.39 is 11.9 Å². The first-order valence-electron chi connectivity index (χ1n) is 9.52. The lowest BCUT2D eigenvalue weighted by atomic mass is 9.84. The molecule has 27 heavy (non-hydrogen) atoms. The lowest BCUT2D eigenvalue weighted by Crippen LogP contribution is -2.48. The molecular formula is C20H27N3O4. The van der Waals surface area contributed by atoms with Crippen LogP contribution in [-0.2, 0) is 9.59 Å². The molecule has 1 aromatic carbocycles. The van der Waals surface area contributed by atoms with E-state index in [1.807, 2.05) is 6.92 Å². The quantitative estimate of drug-likeness (QED) is 0.714. The summed E-state index contributed by atoms with van der Waals surface area (Å²) in [5.74, 6) is 1.62. The van der Waals surface area contributed by atoms with Crippen molar-refractivity contribution >= 4 is 23.5 Å². The van der Waals surface area contributed by atoms with Crippen LogP contribution >= 0.6 is 0 Å². The smallest absolute Gasteiger partial charge is 0.321 e. The van der Waals surface area contributed by atoms with Gasteiger partial charge in [0.2, 0.25) is 5.91 Å². The minimum Gasteiger partial charge on any atom is -0.482 e. The number of nitrogens with one attached hydrogen (secondary N) is 3. The van der Waals surface area contributed by atoms with Crippen molar-refractivity contribution in [2.24, 2.45) is 17.8 Å². The van der Waals surface area contributed by atoms with Crippen LogP contribution in [0.15, 0.2) is 24.3 Å². The van der Waals surface area contributed by atoms with E-state index in [1.54, 1.807) is 24.3 Å². The molecule has 0 aromatic heterocycles. The fraction of sp³-hybridized carbons (Fsp3) is 0.550. The molecule has 146 valence electrons. The number of benzene rings is 1. The zero-order chi connectivity index (χ0) is 19.4. The summed E-state index contributed by atoms with van der Waals surface area (Å²) >= 11 is 0. The molecule has 2 aliphatic rings. The van der Waals surface area contributed by atoms with Crippen molar-refractivity contribution in [3.63, 3.8) is 0 Å². The Bertz CT molecular complexity index is 721. The Morgan fingerprint density at radius 1 is 1.19 bits per heavy atom. The van der Waals surface area contributed by atoms with E-state index >= 15 is 0 Å². The van der Waals surface area contributed by atoms with Gasteiger partial charge in [-0.1, -0.05) is 18.6 Å². The van der Waals surface area contributed by atoms with Crippen LogP contribution in [0.4, 0.5) is 10.5 Å². The molecule has 2 bridgehead atoms. The second kappa shape index (κ2) is 8.41. The van der Waals surface area contributed by atoms with Gasteiger partial charge in [-0.2, -0.15) is 0 Å². The van der Waals surface area contributed by atoms with E-state index in [-0.39, 0.29) is 18.6 Å². The lowest BCUT2D eigenvalue weighted by molar-refractivity contribution is -0.122. The van der Waals surface area contributed by atoms with Crippen LogP contribution in [0.25, 0.3) is 0 Å². The van der Waals surface area contributed by atoms with Gasteiger partial charge in [0.15, 0.2) is 6.61 Å². The molecule has 3 N–H and O–H groups in total. The number of anilines is 1. The predicted molar refractivity (Wildman–Crippen MR) is 101 cm³/mol. The molecule has 0 radical (unpaired) electrons. The van der Waals surface area contributed by atoms with Crippen molar-refractivity contribution < 1.29 is 19.1 Å². The third-order valence-electron chi connectivity index (χ3n) is 5.60. The van der Waals surface area contributed by atoms with Crippen molar-refractivity contribution in [3.8, 4) is 5.75 Å². The Morgan fingerprint density at radius 3 is 2.63 bits per heavy atom. The van der Waals surface area contributed by atoms with Gasteiger partial charge in [0.1, 0.15) is 5.75 Å². The minimum atomic E-state index is -0.537. The SMILES string of the molecule is CC(=O)Nc1ccccc1OCC(=O)NC(=O)N[C@@H](C)[C@H]1C[C@H]2CC[C@H]1C2. The molecule has 0 spiro atoms. The molecule has 0 saturated heterocycles. The Balaban J connectivity index is 1.44. The van der Waals surface area contributed by atoms with Gasteiger partial charge in [0.05, 0.1) is 5.69 Å². The monoisotopic (exact) mass is 373 g/mol. The summed E-state index contributed by atoms with van der Waals surface area (Å²) in [5.41, 5.74) is 0.479. The van der Waals surface area contributed by atoms with Gasteiger partial charge < -0.3 is 15.4 Å². The Morgan fingerprint density at radius 2 is 1.96 bits per heavy atom. The van der Waals surface area contributed by atoms with Crippen LogP contribution < -0.4 is 20.7 Å².